The van der Waals surface area contributed by atoms with Crippen molar-refractivity contribution in [1.29, 1.82) is 0 Å². The van der Waals surface area contributed by atoms with Gasteiger partial charge in [-0.2, -0.15) is 0 Å². The Kier molecular flexibility index (Phi) is 6.51. The molecule has 0 aromatic heterocycles. The van der Waals surface area contributed by atoms with Crippen LogP contribution in [0.2, 0.25) is 0 Å². The van der Waals surface area contributed by atoms with E-state index in [4.69, 9.17) is 0 Å². The molecule has 0 atom stereocenters. The Balaban J connectivity index is 2.55. The van der Waals surface area contributed by atoms with E-state index in [1.54, 1.807) is 0 Å². The molecule has 1 rings (SSSR count). The van der Waals surface area contributed by atoms with Gasteiger partial charge < -0.3 is 16.0 Å². The van der Waals surface area contributed by atoms with E-state index in [-0.39, 0.29) is 11.9 Å². The fourth-order valence-electron chi connectivity index (χ4n) is 1.71. The molecule has 0 bridgehead atoms. The summed E-state index contributed by atoms with van der Waals surface area (Å²) in [6.07, 6.45) is 0. The fourth-order valence-corrected chi connectivity index (χ4v) is 2.08. The highest BCUT2D eigenvalue weighted by molar-refractivity contribution is 9.10. The summed E-state index contributed by atoms with van der Waals surface area (Å²) >= 11 is 3.43. The molecule has 0 unspecified atom stereocenters. The van der Waals surface area contributed by atoms with Crippen LogP contribution < -0.4 is 16.0 Å². The monoisotopic (exact) mass is 341 g/mol. The van der Waals surface area contributed by atoms with Gasteiger partial charge in [0.25, 0.3) is 0 Å². The zero-order valence-electron chi connectivity index (χ0n) is 11.9. The van der Waals surface area contributed by atoms with Crippen LogP contribution in [0.15, 0.2) is 22.7 Å². The predicted molar refractivity (Wildman–Crippen MR) is 83.9 cm³/mol. The summed E-state index contributed by atoms with van der Waals surface area (Å²) in [4.78, 5) is 22.5. The Bertz CT molecular complexity index is 489. The average molecular weight is 342 g/mol. The lowest BCUT2D eigenvalue weighted by atomic mass is 10.0. The lowest BCUT2D eigenvalue weighted by molar-refractivity contribution is -0.118. The summed E-state index contributed by atoms with van der Waals surface area (Å²) in [6.45, 7) is 6.39. The number of rotatable bonds is 5. The van der Waals surface area contributed by atoms with E-state index in [9.17, 15) is 9.59 Å². The molecule has 3 amide bonds. The summed E-state index contributed by atoms with van der Waals surface area (Å²) in [6, 6.07) is 5.48. The van der Waals surface area contributed by atoms with Gasteiger partial charge in [-0.05, 0) is 29.7 Å². The van der Waals surface area contributed by atoms with Crippen molar-refractivity contribution < 1.29 is 9.59 Å². The number of carbonyl (C=O) groups excluding carboxylic acids is 2. The molecule has 3 N–H and O–H groups in total. The lowest BCUT2D eigenvalue weighted by Crippen LogP contribution is -2.36. The highest BCUT2D eigenvalue weighted by Crippen LogP contribution is 2.27. The van der Waals surface area contributed by atoms with Crippen LogP contribution in [0.4, 0.5) is 10.5 Å². The van der Waals surface area contributed by atoms with Crippen molar-refractivity contribution in [3.05, 3.63) is 28.2 Å². The fraction of sp³-hybridized carbons (Fsp3) is 0.429. The summed E-state index contributed by atoms with van der Waals surface area (Å²) < 4.78 is 0.984. The molecule has 20 heavy (non-hydrogen) atoms. The quantitative estimate of drug-likeness (QED) is 0.720. The Hall–Kier alpha value is -1.56. The maximum absolute atomic E-state index is 11.8. The average Bonchev–Trinajstić information content (AvgIpc) is 2.36. The maximum Gasteiger partial charge on any atom is 0.319 e. The first-order valence-corrected chi connectivity index (χ1v) is 7.28. The third-order valence-corrected chi connectivity index (χ3v) is 3.16. The van der Waals surface area contributed by atoms with E-state index in [0.29, 0.717) is 19.0 Å². The number of hydrogen-bond donors (Lipinski definition) is 3. The van der Waals surface area contributed by atoms with Gasteiger partial charge in [0.1, 0.15) is 0 Å². The number of anilines is 1. The molecule has 0 saturated carbocycles. The normalized spacial score (nSPS) is 10.2. The van der Waals surface area contributed by atoms with E-state index in [0.717, 1.165) is 15.7 Å². The van der Waals surface area contributed by atoms with Gasteiger partial charge in [-0.15, -0.1) is 0 Å². The molecule has 110 valence electrons. The smallest absolute Gasteiger partial charge is 0.319 e. The minimum Gasteiger partial charge on any atom is -0.355 e. The molecule has 0 aliphatic heterocycles. The summed E-state index contributed by atoms with van der Waals surface area (Å²) in [5.41, 5.74) is 1.86. The van der Waals surface area contributed by atoms with Gasteiger partial charge in [-0.25, -0.2) is 4.79 Å². The second-order valence-corrected chi connectivity index (χ2v) is 5.67. The molecule has 0 radical (unpaired) electrons. The Labute approximate surface area is 127 Å². The van der Waals surface area contributed by atoms with Crippen LogP contribution in [-0.4, -0.2) is 25.0 Å². The Morgan fingerprint density at radius 2 is 1.85 bits per heavy atom. The van der Waals surface area contributed by atoms with Crippen molar-refractivity contribution >= 4 is 33.6 Å². The molecular formula is C14H20BrN3O2. The first-order chi connectivity index (χ1) is 9.40. The minimum absolute atomic E-state index is 0.109. The second kappa shape index (κ2) is 7.89. The molecule has 0 heterocycles. The van der Waals surface area contributed by atoms with Crippen LogP contribution in [0, 0.1) is 0 Å². The predicted octanol–water partition coefficient (Wildman–Crippen LogP) is 2.83. The highest BCUT2D eigenvalue weighted by Gasteiger charge is 2.09. The number of halogens is 1. The molecule has 0 spiro atoms. The number of urea groups is 1. The molecule has 5 nitrogen and oxygen atoms in total. The molecule has 6 heteroatoms. The van der Waals surface area contributed by atoms with Crippen molar-refractivity contribution in [2.24, 2.45) is 0 Å². The van der Waals surface area contributed by atoms with E-state index in [2.05, 4.69) is 45.7 Å². The van der Waals surface area contributed by atoms with Crippen LogP contribution >= 0.6 is 15.9 Å². The van der Waals surface area contributed by atoms with Gasteiger partial charge in [-0.3, -0.25) is 4.79 Å². The van der Waals surface area contributed by atoms with Crippen molar-refractivity contribution in [1.82, 2.24) is 10.6 Å². The Morgan fingerprint density at radius 3 is 2.45 bits per heavy atom. The van der Waals surface area contributed by atoms with Crippen LogP contribution in [0.1, 0.15) is 32.3 Å². The summed E-state index contributed by atoms with van der Waals surface area (Å²) in [7, 11) is 0. The third-order valence-electron chi connectivity index (χ3n) is 2.67. The largest absolute Gasteiger partial charge is 0.355 e. The van der Waals surface area contributed by atoms with Crippen LogP contribution in [-0.2, 0) is 4.79 Å². The van der Waals surface area contributed by atoms with Gasteiger partial charge in [0.05, 0.1) is 0 Å². The van der Waals surface area contributed by atoms with Gasteiger partial charge in [-0.1, -0.05) is 29.8 Å². The van der Waals surface area contributed by atoms with Crippen LogP contribution in [0.3, 0.4) is 0 Å². The topological polar surface area (TPSA) is 70.2 Å². The zero-order valence-corrected chi connectivity index (χ0v) is 13.5. The molecular weight excluding hydrogens is 322 g/mol. The lowest BCUT2D eigenvalue weighted by Gasteiger charge is -2.15. The third kappa shape index (κ3) is 5.61. The maximum atomic E-state index is 11.8. The van der Waals surface area contributed by atoms with Crippen molar-refractivity contribution in [3.63, 3.8) is 0 Å². The molecule has 0 aliphatic carbocycles. The van der Waals surface area contributed by atoms with E-state index < -0.39 is 0 Å². The molecule has 1 aromatic carbocycles. The standard InChI is InChI=1S/C14H20BrN3O2/c1-9(2)12-8-11(15)4-5-13(12)18-14(20)17-7-6-16-10(3)19/h4-5,8-9H,6-7H2,1-3H3,(H,16,19)(H2,17,18,20). The first kappa shape index (κ1) is 16.5. The van der Waals surface area contributed by atoms with E-state index in [1.165, 1.54) is 6.92 Å². The molecule has 0 saturated heterocycles. The second-order valence-electron chi connectivity index (χ2n) is 4.75. The Morgan fingerprint density at radius 1 is 1.20 bits per heavy atom. The van der Waals surface area contributed by atoms with Gasteiger partial charge in [0.15, 0.2) is 0 Å². The first-order valence-electron chi connectivity index (χ1n) is 6.49. The number of hydrogen-bond acceptors (Lipinski definition) is 2. The number of benzene rings is 1. The highest BCUT2D eigenvalue weighted by atomic mass is 79.9. The van der Waals surface area contributed by atoms with Crippen molar-refractivity contribution in [3.8, 4) is 0 Å². The van der Waals surface area contributed by atoms with Crippen LogP contribution in [0.5, 0.6) is 0 Å². The minimum atomic E-state index is -0.278. The zero-order chi connectivity index (χ0) is 15.1. The van der Waals surface area contributed by atoms with E-state index >= 15 is 0 Å². The number of nitrogens with one attached hydrogen (secondary N) is 3. The number of amides is 3. The van der Waals surface area contributed by atoms with Crippen molar-refractivity contribution in [2.75, 3.05) is 18.4 Å². The van der Waals surface area contributed by atoms with Gasteiger partial charge >= 0.3 is 6.03 Å². The molecule has 0 aliphatic rings. The SMILES string of the molecule is CC(=O)NCCNC(=O)Nc1ccc(Br)cc1C(C)C. The van der Waals surface area contributed by atoms with E-state index in [1.807, 2.05) is 18.2 Å². The van der Waals surface area contributed by atoms with Crippen molar-refractivity contribution in [2.45, 2.75) is 26.7 Å². The summed E-state index contributed by atoms with van der Waals surface area (Å²) in [5, 5.41) is 8.13. The van der Waals surface area contributed by atoms with Gasteiger partial charge in [0, 0.05) is 30.2 Å². The van der Waals surface area contributed by atoms with Gasteiger partial charge in [0.2, 0.25) is 5.91 Å². The molecule has 1 aromatic rings. The van der Waals surface area contributed by atoms with Crippen LogP contribution in [0.25, 0.3) is 0 Å². The summed E-state index contributed by atoms with van der Waals surface area (Å²) in [5.74, 6) is 0.199. The number of carbonyl (C=O) groups is 2. The molecule has 0 fully saturated rings.